The van der Waals surface area contributed by atoms with Crippen molar-refractivity contribution in [2.24, 2.45) is 7.05 Å². The number of ether oxygens (including phenoxy) is 4. The van der Waals surface area contributed by atoms with E-state index in [4.69, 9.17) is 18.9 Å². The first-order valence-corrected chi connectivity index (χ1v) is 15.5. The number of morpholine rings is 1. The van der Waals surface area contributed by atoms with Crippen molar-refractivity contribution in [2.45, 2.75) is 6.42 Å². The summed E-state index contributed by atoms with van der Waals surface area (Å²) in [6.45, 7) is 4.59. The Morgan fingerprint density at radius 2 is 1.72 bits per heavy atom. The molecule has 16 heteroatoms. The molecule has 3 aromatic carbocycles. The summed E-state index contributed by atoms with van der Waals surface area (Å²) < 4.78 is 66.6. The molecule has 6 rings (SSSR count). The number of hydrogen-bond donors (Lipinski definition) is 1. The Morgan fingerprint density at radius 1 is 0.920 bits per heavy atom. The van der Waals surface area contributed by atoms with Crippen LogP contribution in [0.1, 0.15) is 16.9 Å². The molecule has 1 aliphatic heterocycles. The average molecular weight is 693 g/mol. The fraction of sp³-hybridized carbons (Fsp3) is 0.265. The van der Waals surface area contributed by atoms with Crippen LogP contribution in [0.3, 0.4) is 0 Å². The Bertz CT molecular complexity index is 2190. The van der Waals surface area contributed by atoms with Gasteiger partial charge in [0.15, 0.2) is 34.7 Å². The molecule has 1 amide bonds. The molecule has 1 saturated heterocycles. The van der Waals surface area contributed by atoms with Crippen LogP contribution in [-0.2, 0) is 11.8 Å². The summed E-state index contributed by atoms with van der Waals surface area (Å²) in [6.07, 6.45) is 2.32. The molecule has 3 heterocycles. The molecule has 0 unspecified atom stereocenters. The van der Waals surface area contributed by atoms with E-state index in [1.54, 1.807) is 18.2 Å². The van der Waals surface area contributed by atoms with E-state index < -0.39 is 40.3 Å². The maximum atomic E-state index is 15.3. The first-order chi connectivity index (χ1) is 24.1. The molecule has 1 N–H and O–H groups in total. The minimum Gasteiger partial charge on any atom is -0.493 e. The van der Waals surface area contributed by atoms with Crippen LogP contribution >= 0.6 is 0 Å². The normalized spacial score (nSPS) is 13.3. The zero-order chi connectivity index (χ0) is 35.4. The number of nitrogens with zero attached hydrogens (tertiary/aromatic N) is 5. The second-order valence-corrected chi connectivity index (χ2v) is 11.2. The number of hydrogen-bond acceptors (Lipinski definition) is 10. The lowest BCUT2D eigenvalue weighted by Gasteiger charge is -2.26. The van der Waals surface area contributed by atoms with E-state index in [9.17, 15) is 23.2 Å². The van der Waals surface area contributed by atoms with Crippen LogP contribution in [0.15, 0.2) is 70.4 Å². The highest BCUT2D eigenvalue weighted by Gasteiger charge is 2.21. The Morgan fingerprint density at radius 3 is 2.46 bits per heavy atom. The number of pyridine rings is 1. The van der Waals surface area contributed by atoms with E-state index in [1.807, 2.05) is 0 Å². The van der Waals surface area contributed by atoms with Crippen molar-refractivity contribution in [3.05, 3.63) is 105 Å². The molecule has 2 aromatic heterocycles. The number of nitrogens with one attached hydrogen (secondary N) is 1. The lowest BCUT2D eigenvalue weighted by molar-refractivity contribution is 0.0357. The SMILES string of the molecule is COc1cc2c(Oc3ccc(NC(=O)c4nn(-c5ccc(F)c(F)c5)c(=O)n(C)c4=O)cc3F)ccnc2cc1OCCCN1CCOCC1. The number of carbonyl (C=O) groups is 1. The van der Waals surface area contributed by atoms with Crippen LogP contribution in [-0.4, -0.2) is 76.7 Å². The second-order valence-electron chi connectivity index (χ2n) is 11.2. The van der Waals surface area contributed by atoms with Gasteiger partial charge in [0, 0.05) is 62.2 Å². The number of benzene rings is 3. The molecule has 0 atom stereocenters. The monoisotopic (exact) mass is 692 g/mol. The number of fused-ring (bicyclic) bond motifs is 1. The molecule has 0 bridgehead atoms. The molecule has 260 valence electrons. The van der Waals surface area contributed by atoms with Crippen molar-refractivity contribution in [3.8, 4) is 28.7 Å². The van der Waals surface area contributed by atoms with Crippen molar-refractivity contribution in [2.75, 3.05) is 51.9 Å². The van der Waals surface area contributed by atoms with Gasteiger partial charge in [-0.05, 0) is 42.8 Å². The maximum Gasteiger partial charge on any atom is 0.351 e. The van der Waals surface area contributed by atoms with Gasteiger partial charge in [0.2, 0.25) is 5.69 Å². The first-order valence-electron chi connectivity index (χ1n) is 15.5. The predicted octanol–water partition coefficient (Wildman–Crippen LogP) is 4.05. The van der Waals surface area contributed by atoms with Crippen LogP contribution in [0, 0.1) is 17.5 Å². The molecule has 1 aliphatic rings. The van der Waals surface area contributed by atoms with E-state index in [0.717, 1.165) is 64.5 Å². The lowest BCUT2D eigenvalue weighted by Crippen LogP contribution is -2.43. The number of anilines is 1. The Kier molecular flexibility index (Phi) is 10.1. The van der Waals surface area contributed by atoms with E-state index in [0.29, 0.717) is 44.3 Å². The maximum absolute atomic E-state index is 15.3. The summed E-state index contributed by atoms with van der Waals surface area (Å²) in [5, 5.41) is 6.66. The lowest BCUT2D eigenvalue weighted by atomic mass is 10.1. The fourth-order valence-corrected chi connectivity index (χ4v) is 5.26. The minimum atomic E-state index is -1.27. The highest BCUT2D eigenvalue weighted by atomic mass is 19.2. The summed E-state index contributed by atoms with van der Waals surface area (Å²) >= 11 is 0. The molecular weight excluding hydrogens is 661 g/mol. The standard InChI is InChI=1S/C34H31F3N6O7/c1-41-33(45)31(40-43(34(41)46)21-5-6-23(35)24(36)17-21)32(44)39-20-4-7-28(25(37)16-20)50-27-8-9-38-26-19-30(29(47-2)18-22(26)27)49-13-3-10-42-11-14-48-15-12-42/h4-9,16-19H,3,10-15H2,1-2H3,(H,39,44). The van der Waals surface area contributed by atoms with Gasteiger partial charge >= 0.3 is 5.69 Å². The number of rotatable bonds is 11. The minimum absolute atomic E-state index is 0.0639. The number of amides is 1. The molecule has 0 spiro atoms. The van der Waals surface area contributed by atoms with Crippen LogP contribution in [0.4, 0.5) is 18.9 Å². The number of halogens is 3. The van der Waals surface area contributed by atoms with Gasteiger partial charge in [-0.2, -0.15) is 9.78 Å². The number of carbonyl (C=O) groups excluding carboxylic acids is 1. The molecular formula is C34H31F3N6O7. The molecule has 0 saturated carbocycles. The molecule has 0 radical (unpaired) electrons. The first kappa shape index (κ1) is 34.1. The van der Waals surface area contributed by atoms with Gasteiger partial charge in [-0.25, -0.2) is 18.0 Å². The van der Waals surface area contributed by atoms with Gasteiger partial charge in [0.1, 0.15) is 5.75 Å². The number of aromatic nitrogens is 4. The predicted molar refractivity (Wildman–Crippen MR) is 175 cm³/mol. The van der Waals surface area contributed by atoms with Gasteiger partial charge in [-0.15, -0.1) is 0 Å². The molecule has 1 fully saturated rings. The van der Waals surface area contributed by atoms with Crippen LogP contribution in [0.5, 0.6) is 23.0 Å². The van der Waals surface area contributed by atoms with Crippen molar-refractivity contribution in [1.82, 2.24) is 24.2 Å². The highest BCUT2D eigenvalue weighted by molar-refractivity contribution is 6.02. The Hall–Kier alpha value is -5.74. The Labute approximate surface area is 282 Å². The highest BCUT2D eigenvalue weighted by Crippen LogP contribution is 2.38. The van der Waals surface area contributed by atoms with Crippen molar-refractivity contribution in [1.29, 1.82) is 0 Å². The number of methoxy groups -OCH3 is 1. The fourth-order valence-electron chi connectivity index (χ4n) is 5.26. The van der Waals surface area contributed by atoms with E-state index in [2.05, 4.69) is 20.3 Å². The van der Waals surface area contributed by atoms with Crippen molar-refractivity contribution >= 4 is 22.5 Å². The zero-order valence-electron chi connectivity index (χ0n) is 27.0. The summed E-state index contributed by atoms with van der Waals surface area (Å²) in [5.74, 6) is -3.33. The topological polar surface area (TPSA) is 139 Å². The van der Waals surface area contributed by atoms with Crippen LogP contribution < -0.4 is 30.8 Å². The van der Waals surface area contributed by atoms with E-state index in [-0.39, 0.29) is 22.9 Å². The van der Waals surface area contributed by atoms with Gasteiger partial charge in [0.05, 0.1) is 38.1 Å². The van der Waals surface area contributed by atoms with Gasteiger partial charge in [-0.3, -0.25) is 24.0 Å². The summed E-state index contributed by atoms with van der Waals surface area (Å²) in [6, 6.07) is 11.0. The van der Waals surface area contributed by atoms with E-state index >= 15 is 4.39 Å². The van der Waals surface area contributed by atoms with Gasteiger partial charge < -0.3 is 24.3 Å². The third-order valence-electron chi connectivity index (χ3n) is 7.91. The quantitative estimate of drug-likeness (QED) is 0.202. The van der Waals surface area contributed by atoms with Crippen molar-refractivity contribution < 1.29 is 36.9 Å². The molecule has 5 aromatic rings. The van der Waals surface area contributed by atoms with Crippen LogP contribution in [0.2, 0.25) is 0 Å². The second kappa shape index (κ2) is 14.8. The zero-order valence-corrected chi connectivity index (χ0v) is 27.0. The van der Waals surface area contributed by atoms with E-state index in [1.165, 1.54) is 25.4 Å². The Balaban J connectivity index is 1.17. The summed E-state index contributed by atoms with van der Waals surface area (Å²) in [5.41, 5.74) is -2.59. The van der Waals surface area contributed by atoms with Crippen molar-refractivity contribution in [3.63, 3.8) is 0 Å². The largest absolute Gasteiger partial charge is 0.493 e. The summed E-state index contributed by atoms with van der Waals surface area (Å²) in [7, 11) is 2.60. The third-order valence-corrected chi connectivity index (χ3v) is 7.91. The molecule has 13 nitrogen and oxygen atoms in total. The smallest absolute Gasteiger partial charge is 0.351 e. The summed E-state index contributed by atoms with van der Waals surface area (Å²) in [4.78, 5) is 45.1. The molecule has 50 heavy (non-hydrogen) atoms. The average Bonchev–Trinajstić information content (AvgIpc) is 3.11. The van der Waals surface area contributed by atoms with Crippen LogP contribution in [0.25, 0.3) is 16.6 Å². The van der Waals surface area contributed by atoms with Gasteiger partial charge in [-0.1, -0.05) is 0 Å². The van der Waals surface area contributed by atoms with Gasteiger partial charge in [0.25, 0.3) is 11.5 Å². The third kappa shape index (κ3) is 7.30. The molecule has 0 aliphatic carbocycles.